The van der Waals surface area contributed by atoms with E-state index in [9.17, 15) is 18.0 Å². The minimum Gasteiger partial charge on any atom is -0.326 e. The second-order valence-corrected chi connectivity index (χ2v) is 10.1. The Hall–Kier alpha value is -3.70. The zero-order chi connectivity index (χ0) is 25.0. The van der Waals surface area contributed by atoms with E-state index < -0.39 is 22.1 Å². The van der Waals surface area contributed by atoms with Crippen molar-refractivity contribution in [3.8, 4) is 11.1 Å². The maximum absolute atomic E-state index is 13.1. The quantitative estimate of drug-likeness (QED) is 0.461. The molecule has 0 bridgehead atoms. The third-order valence-electron chi connectivity index (χ3n) is 5.32. The molecule has 2 heterocycles. The molecule has 1 aliphatic rings. The number of nitrogens with zero attached hydrogens (tertiary/aromatic N) is 3. The number of benzene rings is 2. The molecule has 1 aromatic heterocycles. The SMILES string of the molecule is CS(=O)(=O)Nc1ccccc1-c1ccc(N2CCC[C@@H](NC(=O)Nc3cnc(Cl)cn3)C2=O)cc1. The van der Waals surface area contributed by atoms with Crippen LogP contribution in [0.1, 0.15) is 12.8 Å². The number of nitrogens with one attached hydrogen (secondary N) is 3. The predicted octanol–water partition coefficient (Wildman–Crippen LogP) is 3.49. The van der Waals surface area contributed by atoms with Gasteiger partial charge in [0.25, 0.3) is 0 Å². The highest BCUT2D eigenvalue weighted by Crippen LogP contribution is 2.31. The number of hydrogen-bond acceptors (Lipinski definition) is 6. The summed E-state index contributed by atoms with van der Waals surface area (Å²) in [7, 11) is -3.43. The van der Waals surface area contributed by atoms with Crippen LogP contribution in [0.2, 0.25) is 5.15 Å². The Balaban J connectivity index is 1.45. The second-order valence-electron chi connectivity index (χ2n) is 7.97. The monoisotopic (exact) mass is 514 g/mol. The Morgan fingerprint density at radius 2 is 1.83 bits per heavy atom. The van der Waals surface area contributed by atoms with Crippen molar-refractivity contribution < 1.29 is 18.0 Å². The Morgan fingerprint density at radius 3 is 2.51 bits per heavy atom. The van der Waals surface area contributed by atoms with E-state index in [-0.39, 0.29) is 16.9 Å². The van der Waals surface area contributed by atoms with Crippen LogP contribution in [0, 0.1) is 0 Å². The van der Waals surface area contributed by atoms with Gasteiger partial charge < -0.3 is 10.2 Å². The fourth-order valence-electron chi connectivity index (χ4n) is 3.80. The van der Waals surface area contributed by atoms with Gasteiger partial charge in [-0.05, 0) is 36.6 Å². The molecule has 3 aromatic rings. The first-order valence-electron chi connectivity index (χ1n) is 10.7. The van der Waals surface area contributed by atoms with Crippen molar-refractivity contribution in [3.63, 3.8) is 0 Å². The standard InChI is InChI=1S/C23H23ClN6O4S/c1-35(33,34)29-18-6-3-2-5-17(18)15-8-10-16(11-9-15)30-12-4-7-19(22(30)31)27-23(32)28-21-14-25-20(24)13-26-21/h2-3,5-6,8-11,13-14,19,29H,4,7,12H2,1H3,(H2,26,27,28,32)/t19-/m1/s1. The molecule has 3 amide bonds. The van der Waals surface area contributed by atoms with Gasteiger partial charge in [-0.2, -0.15) is 0 Å². The number of piperidine rings is 1. The molecule has 35 heavy (non-hydrogen) atoms. The summed E-state index contributed by atoms with van der Waals surface area (Å²) in [6, 6.07) is 13.1. The molecule has 0 spiro atoms. The van der Waals surface area contributed by atoms with Crippen LogP contribution in [0.5, 0.6) is 0 Å². The molecule has 10 nitrogen and oxygen atoms in total. The normalized spacial score (nSPS) is 16.0. The molecule has 0 unspecified atom stereocenters. The van der Waals surface area contributed by atoms with Crippen molar-refractivity contribution in [3.05, 3.63) is 66.1 Å². The van der Waals surface area contributed by atoms with E-state index in [1.165, 1.54) is 12.4 Å². The Morgan fingerprint density at radius 1 is 1.09 bits per heavy atom. The molecule has 2 aromatic carbocycles. The van der Waals surface area contributed by atoms with Gasteiger partial charge in [0, 0.05) is 17.8 Å². The van der Waals surface area contributed by atoms with Crippen molar-refractivity contribution in [2.75, 3.05) is 27.7 Å². The van der Waals surface area contributed by atoms with Crippen LogP contribution in [0.4, 0.5) is 22.0 Å². The maximum atomic E-state index is 13.1. The second kappa shape index (κ2) is 10.3. The van der Waals surface area contributed by atoms with Gasteiger partial charge in [-0.1, -0.05) is 41.9 Å². The minimum absolute atomic E-state index is 0.204. The average molecular weight is 515 g/mol. The summed E-state index contributed by atoms with van der Waals surface area (Å²) in [5, 5.41) is 5.43. The molecule has 1 saturated heterocycles. The third-order valence-corrected chi connectivity index (χ3v) is 6.10. The number of amides is 3. The van der Waals surface area contributed by atoms with Crippen LogP contribution in [-0.4, -0.2) is 49.2 Å². The third kappa shape index (κ3) is 6.25. The van der Waals surface area contributed by atoms with E-state index >= 15 is 0 Å². The summed E-state index contributed by atoms with van der Waals surface area (Å²) in [6.45, 7) is 0.521. The summed E-state index contributed by atoms with van der Waals surface area (Å²) in [5.74, 6) is -0.00580. The summed E-state index contributed by atoms with van der Waals surface area (Å²) in [5.41, 5.74) is 2.67. The van der Waals surface area contributed by atoms with E-state index in [4.69, 9.17) is 11.6 Å². The average Bonchev–Trinajstić information content (AvgIpc) is 2.81. The lowest BCUT2D eigenvalue weighted by Crippen LogP contribution is -2.53. The highest BCUT2D eigenvalue weighted by atomic mass is 35.5. The summed E-state index contributed by atoms with van der Waals surface area (Å²) < 4.78 is 25.9. The molecule has 0 aliphatic carbocycles. The molecular formula is C23H23ClN6O4S. The fourth-order valence-corrected chi connectivity index (χ4v) is 4.47. The smallest absolute Gasteiger partial charge is 0.321 e. The van der Waals surface area contributed by atoms with Crippen LogP contribution in [0.3, 0.4) is 0 Å². The number of rotatable bonds is 6. The predicted molar refractivity (Wildman–Crippen MR) is 135 cm³/mol. The number of para-hydroxylation sites is 1. The zero-order valence-corrected chi connectivity index (χ0v) is 20.3. The van der Waals surface area contributed by atoms with Crippen LogP contribution in [0.15, 0.2) is 60.9 Å². The molecule has 4 rings (SSSR count). The number of sulfonamides is 1. The number of anilines is 3. The lowest BCUT2D eigenvalue weighted by molar-refractivity contribution is -0.121. The number of halogens is 1. The molecule has 0 radical (unpaired) electrons. The minimum atomic E-state index is -3.43. The molecule has 182 valence electrons. The highest BCUT2D eigenvalue weighted by molar-refractivity contribution is 7.92. The van der Waals surface area contributed by atoms with Gasteiger partial charge >= 0.3 is 6.03 Å². The van der Waals surface area contributed by atoms with Gasteiger partial charge in [-0.3, -0.25) is 14.8 Å². The highest BCUT2D eigenvalue weighted by Gasteiger charge is 2.31. The van der Waals surface area contributed by atoms with Crippen LogP contribution >= 0.6 is 11.6 Å². The zero-order valence-electron chi connectivity index (χ0n) is 18.7. The van der Waals surface area contributed by atoms with Crippen molar-refractivity contribution in [1.82, 2.24) is 15.3 Å². The molecule has 3 N–H and O–H groups in total. The van der Waals surface area contributed by atoms with Crippen LogP contribution in [0.25, 0.3) is 11.1 Å². The van der Waals surface area contributed by atoms with Crippen LogP contribution < -0.4 is 20.3 Å². The summed E-state index contributed by atoms with van der Waals surface area (Å²) in [4.78, 5) is 34.9. The van der Waals surface area contributed by atoms with Gasteiger partial charge in [-0.25, -0.2) is 23.2 Å². The number of carbonyl (C=O) groups is 2. The van der Waals surface area contributed by atoms with Gasteiger partial charge in [0.05, 0.1) is 24.3 Å². The van der Waals surface area contributed by atoms with Gasteiger partial charge in [0.1, 0.15) is 11.2 Å². The summed E-state index contributed by atoms with van der Waals surface area (Å²) in [6.07, 6.45) is 4.95. The van der Waals surface area contributed by atoms with Crippen molar-refractivity contribution in [2.24, 2.45) is 0 Å². The largest absolute Gasteiger partial charge is 0.326 e. The van der Waals surface area contributed by atoms with Gasteiger partial charge in [0.2, 0.25) is 15.9 Å². The van der Waals surface area contributed by atoms with Gasteiger partial charge in [-0.15, -0.1) is 0 Å². The van der Waals surface area contributed by atoms with Crippen LogP contribution in [-0.2, 0) is 14.8 Å². The molecule has 1 atom stereocenters. The Kier molecular flexibility index (Phi) is 7.17. The molecular weight excluding hydrogens is 492 g/mol. The van der Waals surface area contributed by atoms with E-state index in [1.54, 1.807) is 29.2 Å². The topological polar surface area (TPSA) is 133 Å². The Labute approximate surface area is 207 Å². The lowest BCUT2D eigenvalue weighted by atomic mass is 10.0. The first-order chi connectivity index (χ1) is 16.7. The molecule has 1 aliphatic heterocycles. The lowest BCUT2D eigenvalue weighted by Gasteiger charge is -2.32. The number of carbonyl (C=O) groups excluding carboxylic acids is 2. The van der Waals surface area contributed by atoms with Crippen molar-refractivity contribution in [2.45, 2.75) is 18.9 Å². The maximum Gasteiger partial charge on any atom is 0.321 e. The van der Waals surface area contributed by atoms with Crippen molar-refractivity contribution in [1.29, 1.82) is 0 Å². The first-order valence-corrected chi connectivity index (χ1v) is 13.0. The number of urea groups is 1. The number of aromatic nitrogens is 2. The van der Waals surface area contributed by atoms with E-state index in [0.29, 0.717) is 30.8 Å². The van der Waals surface area contributed by atoms with Gasteiger partial charge in [0.15, 0.2) is 5.82 Å². The summed E-state index contributed by atoms with van der Waals surface area (Å²) >= 11 is 5.70. The van der Waals surface area contributed by atoms with E-state index in [1.807, 2.05) is 24.3 Å². The fraction of sp³-hybridized carbons (Fsp3) is 0.217. The molecule has 0 saturated carbocycles. The van der Waals surface area contributed by atoms with E-state index in [2.05, 4.69) is 25.3 Å². The first kappa shape index (κ1) is 24.4. The number of hydrogen-bond donors (Lipinski definition) is 3. The molecule has 1 fully saturated rings. The molecule has 12 heteroatoms. The van der Waals surface area contributed by atoms with Crippen molar-refractivity contribution >= 4 is 50.8 Å². The Bertz CT molecular complexity index is 1330. The van der Waals surface area contributed by atoms with E-state index in [0.717, 1.165) is 17.4 Å².